The van der Waals surface area contributed by atoms with Crippen LogP contribution in [-0.4, -0.2) is 0 Å². The van der Waals surface area contributed by atoms with Gasteiger partial charge in [-0.05, 0) is 24.6 Å². The van der Waals surface area contributed by atoms with E-state index in [0.717, 1.165) is 10.9 Å². The van der Waals surface area contributed by atoms with Gasteiger partial charge < -0.3 is 4.42 Å². The van der Waals surface area contributed by atoms with Gasteiger partial charge in [-0.15, -0.1) is 0 Å². The molecule has 2 aromatic rings. The molecule has 2 heteroatoms. The fourth-order valence-electron chi connectivity index (χ4n) is 1.06. The molecule has 0 aliphatic rings. The van der Waals surface area contributed by atoms with Gasteiger partial charge >= 0.3 is 0 Å². The van der Waals surface area contributed by atoms with Crippen LogP contribution in [0.5, 0.6) is 0 Å². The molecule has 1 aromatic heterocycles. The summed E-state index contributed by atoms with van der Waals surface area (Å²) in [6.07, 6.45) is 1.52. The smallest absolute Gasteiger partial charge is 0.137 e. The van der Waals surface area contributed by atoms with Crippen molar-refractivity contribution in [3.63, 3.8) is 0 Å². The molecule has 1 nitrogen and oxygen atoms in total. The van der Waals surface area contributed by atoms with Crippen LogP contribution in [0.25, 0.3) is 11.0 Å². The summed E-state index contributed by atoms with van der Waals surface area (Å²) in [7, 11) is 0. The predicted molar refractivity (Wildman–Crippen MR) is 40.6 cm³/mol. The molecule has 0 N–H and O–H groups in total. The van der Waals surface area contributed by atoms with Gasteiger partial charge in [-0.25, -0.2) is 4.39 Å². The summed E-state index contributed by atoms with van der Waals surface area (Å²) in [5.41, 5.74) is 1.34. The fraction of sp³-hybridized carbons (Fsp3) is 0. The van der Waals surface area contributed by atoms with Gasteiger partial charge in [0.2, 0.25) is 0 Å². The van der Waals surface area contributed by atoms with Crippen molar-refractivity contribution in [3.8, 4) is 0 Å². The number of halogens is 1. The summed E-state index contributed by atoms with van der Waals surface area (Å²) in [5.74, 6) is -0.285. The van der Waals surface area contributed by atoms with Gasteiger partial charge in [0.05, 0.1) is 6.26 Å². The Hall–Kier alpha value is -1.31. The van der Waals surface area contributed by atoms with Gasteiger partial charge in [0.25, 0.3) is 0 Å². The predicted octanol–water partition coefficient (Wildman–Crippen LogP) is 2.75. The first-order chi connectivity index (χ1) is 5.27. The van der Waals surface area contributed by atoms with E-state index in [-0.39, 0.29) is 5.82 Å². The molecule has 0 spiro atoms. The monoisotopic (exact) mass is 149 g/mol. The highest BCUT2D eigenvalue weighted by Gasteiger charge is 2.01. The van der Waals surface area contributed by atoms with Crippen molar-refractivity contribution in [2.24, 2.45) is 0 Å². The molecule has 1 radical (unpaired) electrons. The Morgan fingerprint density at radius 1 is 1.36 bits per heavy atom. The number of benzene rings is 1. The van der Waals surface area contributed by atoms with Crippen LogP contribution < -0.4 is 0 Å². The van der Waals surface area contributed by atoms with Gasteiger partial charge in [0.1, 0.15) is 11.4 Å². The Labute approximate surface area is 63.4 Å². The summed E-state index contributed by atoms with van der Waals surface area (Å²) >= 11 is 0. The van der Waals surface area contributed by atoms with E-state index in [2.05, 4.69) is 6.92 Å². The third kappa shape index (κ3) is 0.909. The lowest BCUT2D eigenvalue weighted by Crippen LogP contribution is -1.71. The Balaban J connectivity index is 2.86. The zero-order valence-corrected chi connectivity index (χ0v) is 5.80. The minimum atomic E-state index is -0.285. The van der Waals surface area contributed by atoms with E-state index in [1.807, 2.05) is 0 Å². The summed E-state index contributed by atoms with van der Waals surface area (Å²) in [6, 6.07) is 4.41. The Morgan fingerprint density at radius 2 is 2.18 bits per heavy atom. The Bertz CT molecular complexity index is 389. The number of rotatable bonds is 0. The highest BCUT2D eigenvalue weighted by molar-refractivity contribution is 5.81. The van der Waals surface area contributed by atoms with Gasteiger partial charge in [-0.2, -0.15) is 0 Å². The van der Waals surface area contributed by atoms with E-state index in [9.17, 15) is 4.39 Å². The Kier molecular flexibility index (Phi) is 1.22. The molecule has 0 saturated heterocycles. The molecular weight excluding hydrogens is 143 g/mol. The second-order valence-electron chi connectivity index (χ2n) is 2.40. The average Bonchev–Trinajstić information content (AvgIpc) is 2.32. The standard InChI is InChI=1S/C9H6FO/c1-6-5-11-9-4-7(10)2-3-8(6)9/h2-5H,1H2. The maximum absolute atomic E-state index is 12.6. The first kappa shape index (κ1) is 6.40. The molecule has 0 unspecified atom stereocenters. The second kappa shape index (κ2) is 2.09. The molecular formula is C9H6FO. The molecule has 0 saturated carbocycles. The summed E-state index contributed by atoms with van der Waals surface area (Å²) in [5, 5.41) is 0.867. The average molecular weight is 149 g/mol. The van der Waals surface area contributed by atoms with Crippen molar-refractivity contribution in [2.75, 3.05) is 0 Å². The molecule has 2 rings (SSSR count). The highest BCUT2D eigenvalue weighted by atomic mass is 19.1. The van der Waals surface area contributed by atoms with Gasteiger partial charge in [0, 0.05) is 11.5 Å². The van der Waals surface area contributed by atoms with Crippen molar-refractivity contribution in [1.29, 1.82) is 0 Å². The van der Waals surface area contributed by atoms with E-state index >= 15 is 0 Å². The van der Waals surface area contributed by atoms with E-state index in [1.165, 1.54) is 18.4 Å². The minimum absolute atomic E-state index is 0.285. The summed E-state index contributed by atoms with van der Waals surface area (Å²) in [4.78, 5) is 0. The van der Waals surface area contributed by atoms with Crippen LogP contribution >= 0.6 is 0 Å². The topological polar surface area (TPSA) is 13.1 Å². The van der Waals surface area contributed by atoms with Crippen molar-refractivity contribution in [2.45, 2.75) is 0 Å². The molecule has 1 aromatic carbocycles. The lowest BCUT2D eigenvalue weighted by Gasteiger charge is -1.88. The maximum Gasteiger partial charge on any atom is 0.137 e. The SMILES string of the molecule is [CH2]c1coc2cc(F)ccc12. The molecule has 11 heavy (non-hydrogen) atoms. The zero-order chi connectivity index (χ0) is 7.84. The number of hydrogen-bond acceptors (Lipinski definition) is 1. The number of fused-ring (bicyclic) bond motifs is 1. The molecule has 55 valence electrons. The lowest BCUT2D eigenvalue weighted by atomic mass is 10.2. The molecule has 0 atom stereocenters. The molecule has 0 aliphatic carbocycles. The van der Waals surface area contributed by atoms with Crippen molar-refractivity contribution < 1.29 is 8.81 Å². The minimum Gasteiger partial charge on any atom is -0.464 e. The van der Waals surface area contributed by atoms with Crippen LogP contribution in [0.2, 0.25) is 0 Å². The molecule has 0 bridgehead atoms. The first-order valence-electron chi connectivity index (χ1n) is 3.26. The normalized spacial score (nSPS) is 10.7. The van der Waals surface area contributed by atoms with Gasteiger partial charge in [-0.3, -0.25) is 0 Å². The van der Waals surface area contributed by atoms with Crippen LogP contribution in [0.3, 0.4) is 0 Å². The van der Waals surface area contributed by atoms with E-state index < -0.39 is 0 Å². The van der Waals surface area contributed by atoms with Crippen LogP contribution in [0.4, 0.5) is 4.39 Å². The van der Waals surface area contributed by atoms with Crippen molar-refractivity contribution >= 4 is 11.0 Å². The van der Waals surface area contributed by atoms with Crippen LogP contribution in [0.15, 0.2) is 28.9 Å². The van der Waals surface area contributed by atoms with Crippen LogP contribution in [0, 0.1) is 12.7 Å². The van der Waals surface area contributed by atoms with E-state index in [4.69, 9.17) is 4.42 Å². The van der Waals surface area contributed by atoms with Gasteiger partial charge in [-0.1, -0.05) is 0 Å². The van der Waals surface area contributed by atoms with Crippen LogP contribution in [0.1, 0.15) is 5.56 Å². The second-order valence-corrected chi connectivity index (χ2v) is 2.40. The van der Waals surface area contributed by atoms with Crippen LogP contribution in [-0.2, 0) is 0 Å². The third-order valence-corrected chi connectivity index (χ3v) is 1.62. The molecule has 0 amide bonds. The number of hydrogen-bond donors (Lipinski definition) is 0. The first-order valence-corrected chi connectivity index (χ1v) is 3.26. The maximum atomic E-state index is 12.6. The molecule has 0 aliphatic heterocycles. The molecule has 0 fully saturated rings. The quantitative estimate of drug-likeness (QED) is 0.561. The zero-order valence-electron chi connectivity index (χ0n) is 5.80. The molecule has 1 heterocycles. The van der Waals surface area contributed by atoms with E-state index in [1.54, 1.807) is 6.07 Å². The third-order valence-electron chi connectivity index (χ3n) is 1.62. The fourth-order valence-corrected chi connectivity index (χ4v) is 1.06. The van der Waals surface area contributed by atoms with E-state index in [0.29, 0.717) is 5.58 Å². The van der Waals surface area contributed by atoms with Gasteiger partial charge in [0.15, 0.2) is 0 Å². The lowest BCUT2D eigenvalue weighted by molar-refractivity contribution is 0.598. The van der Waals surface area contributed by atoms with Crippen molar-refractivity contribution in [3.05, 3.63) is 42.8 Å². The van der Waals surface area contributed by atoms with Crippen molar-refractivity contribution in [1.82, 2.24) is 0 Å². The Morgan fingerprint density at radius 3 is 3.00 bits per heavy atom. The largest absolute Gasteiger partial charge is 0.464 e. The highest BCUT2D eigenvalue weighted by Crippen LogP contribution is 2.20. The summed E-state index contributed by atoms with van der Waals surface area (Å²) < 4.78 is 17.6. The number of furan rings is 1. The summed E-state index contributed by atoms with van der Waals surface area (Å²) in [6.45, 7) is 3.72.